The lowest BCUT2D eigenvalue weighted by molar-refractivity contribution is -0.120. The largest absolute Gasteiger partial charge is 0.369 e. The van der Waals surface area contributed by atoms with Crippen LogP contribution in [0.3, 0.4) is 0 Å². The molecule has 0 bridgehead atoms. The summed E-state index contributed by atoms with van der Waals surface area (Å²) in [7, 11) is 0. The fourth-order valence-electron chi connectivity index (χ4n) is 1.88. The summed E-state index contributed by atoms with van der Waals surface area (Å²) in [5.74, 6) is -3.22. The maximum Gasteiger partial charge on any atom is 0.270 e. The summed E-state index contributed by atoms with van der Waals surface area (Å²) in [5.41, 5.74) is 5.40. The van der Waals surface area contributed by atoms with E-state index in [0.29, 0.717) is 12.8 Å². The van der Waals surface area contributed by atoms with Crippen molar-refractivity contribution in [3.05, 3.63) is 35.4 Å². The van der Waals surface area contributed by atoms with Crippen LogP contribution < -0.4 is 5.73 Å². The van der Waals surface area contributed by atoms with Gasteiger partial charge < -0.3 is 10.5 Å². The fraction of sp³-hybridized carbons (Fsp3) is 0.467. The number of primary amides is 1. The highest BCUT2D eigenvalue weighted by Crippen LogP contribution is 2.48. The van der Waals surface area contributed by atoms with E-state index in [1.54, 1.807) is 12.1 Å². The fourth-order valence-corrected chi connectivity index (χ4v) is 1.88. The maximum absolute atomic E-state index is 13.0. The third-order valence-corrected chi connectivity index (χ3v) is 3.17. The van der Waals surface area contributed by atoms with Crippen molar-refractivity contribution < 1.29 is 18.4 Å². The Morgan fingerprint density at radius 2 is 1.60 bits per heavy atom. The molecule has 0 unspecified atom stereocenters. The average molecular weight is 285 g/mol. The highest BCUT2D eigenvalue weighted by molar-refractivity contribution is 5.89. The van der Waals surface area contributed by atoms with Crippen molar-refractivity contribution in [2.45, 2.75) is 45.0 Å². The van der Waals surface area contributed by atoms with Gasteiger partial charge in [0.15, 0.2) is 0 Å². The SMILES string of the molecule is C=O.CC.CC(F)(F)c1ccc(C2(C(N)=O)CC2)cc1. The van der Waals surface area contributed by atoms with Gasteiger partial charge in [-0.05, 0) is 18.4 Å². The second kappa shape index (κ2) is 7.12. The van der Waals surface area contributed by atoms with Crippen molar-refractivity contribution in [2.24, 2.45) is 5.73 Å². The van der Waals surface area contributed by atoms with Crippen LogP contribution in [0.1, 0.15) is 44.7 Å². The van der Waals surface area contributed by atoms with Crippen molar-refractivity contribution in [1.29, 1.82) is 0 Å². The Hall–Kier alpha value is -1.78. The van der Waals surface area contributed by atoms with E-state index in [-0.39, 0.29) is 11.5 Å². The number of rotatable bonds is 3. The van der Waals surface area contributed by atoms with Gasteiger partial charge in [-0.1, -0.05) is 38.1 Å². The first kappa shape index (κ1) is 18.2. The van der Waals surface area contributed by atoms with Gasteiger partial charge in [0.2, 0.25) is 5.91 Å². The Morgan fingerprint density at radius 1 is 1.20 bits per heavy atom. The molecular weight excluding hydrogens is 264 g/mol. The van der Waals surface area contributed by atoms with Crippen LogP contribution >= 0.6 is 0 Å². The molecule has 1 aromatic carbocycles. The molecule has 0 radical (unpaired) electrons. The van der Waals surface area contributed by atoms with E-state index in [0.717, 1.165) is 12.5 Å². The highest BCUT2D eigenvalue weighted by atomic mass is 19.3. The van der Waals surface area contributed by atoms with Gasteiger partial charge in [-0.25, -0.2) is 8.78 Å². The number of benzene rings is 1. The molecule has 0 spiro atoms. The van der Waals surface area contributed by atoms with Crippen molar-refractivity contribution in [3.63, 3.8) is 0 Å². The molecule has 1 aliphatic carbocycles. The van der Waals surface area contributed by atoms with Gasteiger partial charge in [0.25, 0.3) is 5.92 Å². The summed E-state index contributed by atoms with van der Waals surface area (Å²) >= 11 is 0. The Balaban J connectivity index is 0.000000829. The molecule has 2 rings (SSSR count). The summed E-state index contributed by atoms with van der Waals surface area (Å²) in [6, 6.07) is 5.87. The Kier molecular flexibility index (Phi) is 6.49. The van der Waals surface area contributed by atoms with Crippen molar-refractivity contribution in [3.8, 4) is 0 Å². The van der Waals surface area contributed by atoms with E-state index in [4.69, 9.17) is 10.5 Å². The summed E-state index contributed by atoms with van der Waals surface area (Å²) in [6.07, 6.45) is 1.42. The minimum atomic E-state index is -2.85. The molecule has 3 nitrogen and oxygen atoms in total. The quantitative estimate of drug-likeness (QED) is 0.927. The first-order chi connectivity index (χ1) is 9.36. The van der Waals surface area contributed by atoms with E-state index < -0.39 is 11.3 Å². The first-order valence-electron chi connectivity index (χ1n) is 6.44. The predicted molar refractivity (Wildman–Crippen MR) is 74.6 cm³/mol. The summed E-state index contributed by atoms with van der Waals surface area (Å²) in [6.45, 7) is 6.85. The number of carbonyl (C=O) groups excluding carboxylic acids is 2. The Morgan fingerprint density at radius 3 is 1.85 bits per heavy atom. The molecule has 1 amide bonds. The maximum atomic E-state index is 13.0. The zero-order chi connectivity index (χ0) is 16.0. The summed E-state index contributed by atoms with van der Waals surface area (Å²) in [4.78, 5) is 19.2. The topological polar surface area (TPSA) is 60.2 Å². The number of hydrogen-bond acceptors (Lipinski definition) is 2. The molecule has 1 aromatic rings. The van der Waals surface area contributed by atoms with E-state index >= 15 is 0 Å². The third-order valence-electron chi connectivity index (χ3n) is 3.17. The highest BCUT2D eigenvalue weighted by Gasteiger charge is 2.49. The van der Waals surface area contributed by atoms with Crippen molar-refractivity contribution in [2.75, 3.05) is 0 Å². The van der Waals surface area contributed by atoms with E-state index in [2.05, 4.69) is 0 Å². The van der Waals surface area contributed by atoms with Gasteiger partial charge in [-0.2, -0.15) is 0 Å². The Labute approximate surface area is 118 Å². The molecule has 5 heteroatoms. The smallest absolute Gasteiger partial charge is 0.270 e. The van der Waals surface area contributed by atoms with Crippen LogP contribution in [0, 0.1) is 0 Å². The average Bonchev–Trinajstić information content (AvgIpc) is 3.24. The molecule has 1 fully saturated rings. The standard InChI is InChI=1S/C12H13F2NO.C2H6.CH2O/c1-11(13,14)8-2-4-9(5-3-8)12(6-7-12)10(15)16;2*1-2/h2-5H,6-7H2,1H3,(H2,15,16);1-2H3;1H2. The zero-order valence-electron chi connectivity index (χ0n) is 12.1. The third kappa shape index (κ3) is 3.85. The second-order valence-electron chi connectivity index (χ2n) is 4.41. The van der Waals surface area contributed by atoms with Crippen LogP contribution in [0.2, 0.25) is 0 Å². The molecule has 0 atom stereocenters. The van der Waals surface area contributed by atoms with Gasteiger partial charge in [0.05, 0.1) is 5.41 Å². The summed E-state index contributed by atoms with van der Waals surface area (Å²) < 4.78 is 25.9. The van der Waals surface area contributed by atoms with Crippen molar-refractivity contribution >= 4 is 12.7 Å². The van der Waals surface area contributed by atoms with Gasteiger partial charge in [-0.3, -0.25) is 4.79 Å². The van der Waals surface area contributed by atoms with Gasteiger partial charge in [0, 0.05) is 12.5 Å². The molecule has 20 heavy (non-hydrogen) atoms. The van der Waals surface area contributed by atoms with Crippen LogP contribution in [0.25, 0.3) is 0 Å². The minimum Gasteiger partial charge on any atom is -0.369 e. The van der Waals surface area contributed by atoms with Crippen LogP contribution in [0.4, 0.5) is 8.78 Å². The lowest BCUT2D eigenvalue weighted by atomic mass is 9.93. The Bertz CT molecular complexity index is 434. The van der Waals surface area contributed by atoms with Crippen LogP contribution in [0.5, 0.6) is 0 Å². The number of amides is 1. The number of carbonyl (C=O) groups is 2. The van der Waals surface area contributed by atoms with Gasteiger partial charge in [0.1, 0.15) is 6.79 Å². The number of nitrogens with two attached hydrogens (primary N) is 1. The number of alkyl halides is 2. The molecule has 0 aliphatic heterocycles. The molecule has 0 aromatic heterocycles. The normalized spacial score (nSPS) is 15.1. The molecule has 0 saturated heterocycles. The van der Waals surface area contributed by atoms with Crippen LogP contribution in [0.15, 0.2) is 24.3 Å². The molecule has 1 aliphatic rings. The lowest BCUT2D eigenvalue weighted by Crippen LogP contribution is -2.28. The van der Waals surface area contributed by atoms with Gasteiger partial charge in [-0.15, -0.1) is 0 Å². The second-order valence-corrected chi connectivity index (χ2v) is 4.41. The molecular formula is C15H21F2NO2. The van der Waals surface area contributed by atoms with Crippen LogP contribution in [-0.4, -0.2) is 12.7 Å². The van der Waals surface area contributed by atoms with E-state index in [1.807, 2.05) is 20.6 Å². The van der Waals surface area contributed by atoms with E-state index in [1.165, 1.54) is 12.1 Å². The number of hydrogen-bond donors (Lipinski definition) is 1. The van der Waals surface area contributed by atoms with E-state index in [9.17, 15) is 13.6 Å². The predicted octanol–water partition coefficient (Wildman–Crippen LogP) is 3.16. The molecule has 0 heterocycles. The number of halogens is 2. The molecule has 1 saturated carbocycles. The first-order valence-corrected chi connectivity index (χ1v) is 6.44. The monoisotopic (exact) mass is 285 g/mol. The van der Waals surface area contributed by atoms with Crippen molar-refractivity contribution in [1.82, 2.24) is 0 Å². The minimum absolute atomic E-state index is 0.0449. The van der Waals surface area contributed by atoms with Crippen LogP contribution in [-0.2, 0) is 20.9 Å². The molecule has 2 N–H and O–H groups in total. The van der Waals surface area contributed by atoms with Gasteiger partial charge >= 0.3 is 0 Å². The zero-order valence-corrected chi connectivity index (χ0v) is 12.1. The molecule has 112 valence electrons. The lowest BCUT2D eigenvalue weighted by Gasteiger charge is -2.14. The summed E-state index contributed by atoms with van der Waals surface area (Å²) in [5, 5.41) is 0.